The third kappa shape index (κ3) is 6.96. The summed E-state index contributed by atoms with van der Waals surface area (Å²) in [6.45, 7) is 4.37. The number of hydrogen-bond acceptors (Lipinski definition) is 4. The molecule has 1 aromatic carbocycles. The van der Waals surface area contributed by atoms with Crippen molar-refractivity contribution in [3.8, 4) is 0 Å². The molecule has 0 bridgehead atoms. The monoisotopic (exact) mass is 475 g/mol. The van der Waals surface area contributed by atoms with Crippen molar-refractivity contribution >= 4 is 45.6 Å². The molecule has 0 spiro atoms. The molecule has 4 N–H and O–H groups in total. The molecule has 25 heavy (non-hydrogen) atoms. The third-order valence-electron chi connectivity index (χ3n) is 3.12. The van der Waals surface area contributed by atoms with Crippen molar-refractivity contribution in [2.45, 2.75) is 18.7 Å². The second-order valence-corrected chi connectivity index (χ2v) is 7.12. The first-order valence-corrected chi connectivity index (χ1v) is 8.90. The van der Waals surface area contributed by atoms with Crippen molar-refractivity contribution in [3.63, 3.8) is 0 Å². The van der Waals surface area contributed by atoms with Crippen LogP contribution in [0.5, 0.6) is 0 Å². The number of benzene rings is 1. The Bertz CT molecular complexity index is 805. The summed E-state index contributed by atoms with van der Waals surface area (Å²) in [6, 6.07) is 9.03. The Kier molecular flexibility index (Phi) is 8.26. The fourth-order valence-electron chi connectivity index (χ4n) is 2.18. The van der Waals surface area contributed by atoms with E-state index in [0.717, 1.165) is 16.8 Å². The molecule has 0 aliphatic rings. The maximum absolute atomic E-state index is 12.0. The second-order valence-electron chi connectivity index (χ2n) is 5.35. The maximum Gasteiger partial charge on any atom is 0.242 e. The summed E-state index contributed by atoms with van der Waals surface area (Å²) in [4.78, 5) is 8.03. The lowest BCUT2D eigenvalue weighted by molar-refractivity contribution is 0.582. The van der Waals surface area contributed by atoms with Crippen LogP contribution >= 0.6 is 24.0 Å². The molecule has 136 valence electrons. The van der Waals surface area contributed by atoms with Gasteiger partial charge in [-0.3, -0.25) is 9.98 Å². The number of pyridine rings is 1. The first kappa shape index (κ1) is 21.3. The van der Waals surface area contributed by atoms with Gasteiger partial charge in [0.1, 0.15) is 4.90 Å². The van der Waals surface area contributed by atoms with Crippen LogP contribution in [0.4, 0.5) is 5.69 Å². The van der Waals surface area contributed by atoms with Crippen LogP contribution in [0.2, 0.25) is 0 Å². The van der Waals surface area contributed by atoms with E-state index in [-0.39, 0.29) is 47.9 Å². The van der Waals surface area contributed by atoms with Crippen LogP contribution in [0.15, 0.2) is 52.6 Å². The molecule has 0 fully saturated rings. The van der Waals surface area contributed by atoms with Crippen molar-refractivity contribution in [2.24, 2.45) is 10.7 Å². The number of anilines is 1. The fraction of sp³-hybridized carbons (Fsp3) is 0.250. The molecule has 0 saturated carbocycles. The molecule has 0 aliphatic carbocycles. The average molecular weight is 475 g/mol. The van der Waals surface area contributed by atoms with E-state index in [9.17, 15) is 8.42 Å². The Labute approximate surface area is 165 Å². The van der Waals surface area contributed by atoms with Gasteiger partial charge in [0.25, 0.3) is 0 Å². The highest BCUT2D eigenvalue weighted by Crippen LogP contribution is 2.13. The Balaban J connectivity index is 0.00000312. The summed E-state index contributed by atoms with van der Waals surface area (Å²) >= 11 is 0. The molecule has 7 nitrogen and oxygen atoms in total. The molecule has 1 heterocycles. The molecule has 2 rings (SSSR count). The minimum Gasteiger partial charge on any atom is -0.370 e. The SMILES string of the molecule is Cc1cc(C)cc(NC(N)=NCCNS(=O)(=O)c2cccnc2)c1.I. The van der Waals surface area contributed by atoms with Gasteiger partial charge in [0.15, 0.2) is 5.96 Å². The van der Waals surface area contributed by atoms with Gasteiger partial charge in [0.05, 0.1) is 6.54 Å². The van der Waals surface area contributed by atoms with Gasteiger partial charge in [-0.25, -0.2) is 13.1 Å². The zero-order valence-corrected chi connectivity index (χ0v) is 17.2. The van der Waals surface area contributed by atoms with Gasteiger partial charge in [-0.15, -0.1) is 24.0 Å². The van der Waals surface area contributed by atoms with Crippen LogP contribution in [0, 0.1) is 13.8 Å². The summed E-state index contributed by atoms with van der Waals surface area (Å²) in [5.74, 6) is 0.237. The molecule has 2 aromatic rings. The minimum atomic E-state index is -3.57. The van der Waals surface area contributed by atoms with E-state index in [1.54, 1.807) is 6.07 Å². The first-order chi connectivity index (χ1) is 11.4. The van der Waals surface area contributed by atoms with Crippen molar-refractivity contribution in [3.05, 3.63) is 53.9 Å². The number of nitrogens with two attached hydrogens (primary N) is 1. The second kappa shape index (κ2) is 9.68. The van der Waals surface area contributed by atoms with E-state index in [1.165, 1.54) is 18.5 Å². The Morgan fingerprint density at radius 3 is 2.52 bits per heavy atom. The number of aromatic nitrogens is 1. The standard InChI is InChI=1S/C16H21N5O2S.HI/c1-12-8-13(2)10-14(9-12)21-16(17)19-6-7-20-24(22,23)15-4-3-5-18-11-15;/h3-5,8-11,20H,6-7H2,1-2H3,(H3,17,19,21);1H. The summed E-state index contributed by atoms with van der Waals surface area (Å²) in [5.41, 5.74) is 8.91. The Hall–Kier alpha value is -1.72. The lowest BCUT2D eigenvalue weighted by Crippen LogP contribution is -2.28. The minimum absolute atomic E-state index is 0. The third-order valence-corrected chi connectivity index (χ3v) is 4.57. The van der Waals surface area contributed by atoms with Crippen molar-refractivity contribution in [1.29, 1.82) is 0 Å². The predicted molar refractivity (Wildman–Crippen MR) is 111 cm³/mol. The number of rotatable bonds is 6. The highest BCUT2D eigenvalue weighted by molar-refractivity contribution is 14.0. The molecule has 0 amide bonds. The molecule has 0 unspecified atom stereocenters. The lowest BCUT2D eigenvalue weighted by atomic mass is 10.1. The summed E-state index contributed by atoms with van der Waals surface area (Å²) in [5, 5.41) is 2.99. The number of aliphatic imine (C=N–C) groups is 1. The molecular formula is C16H22IN5O2S. The van der Waals surface area contributed by atoms with Gasteiger partial charge < -0.3 is 11.1 Å². The number of nitrogens with one attached hydrogen (secondary N) is 2. The van der Waals surface area contributed by atoms with Crippen LogP contribution in [-0.4, -0.2) is 32.5 Å². The number of halogens is 1. The average Bonchev–Trinajstić information content (AvgIpc) is 2.51. The van der Waals surface area contributed by atoms with Crippen LogP contribution < -0.4 is 15.8 Å². The van der Waals surface area contributed by atoms with Gasteiger partial charge in [-0.1, -0.05) is 6.07 Å². The molecule has 0 atom stereocenters. The number of hydrogen-bond donors (Lipinski definition) is 3. The van der Waals surface area contributed by atoms with E-state index in [1.807, 2.05) is 26.0 Å². The highest BCUT2D eigenvalue weighted by atomic mass is 127. The molecule has 0 aliphatic heterocycles. The van der Waals surface area contributed by atoms with E-state index < -0.39 is 10.0 Å². The predicted octanol–water partition coefficient (Wildman–Crippen LogP) is 2.02. The smallest absolute Gasteiger partial charge is 0.242 e. The van der Waals surface area contributed by atoms with Crippen LogP contribution in [0.3, 0.4) is 0 Å². The molecule has 1 aromatic heterocycles. The maximum atomic E-state index is 12.0. The number of guanidine groups is 1. The molecular weight excluding hydrogens is 453 g/mol. The Morgan fingerprint density at radius 1 is 1.24 bits per heavy atom. The van der Waals surface area contributed by atoms with Gasteiger partial charge in [0.2, 0.25) is 10.0 Å². The van der Waals surface area contributed by atoms with E-state index in [2.05, 4.69) is 26.1 Å². The number of sulfonamides is 1. The Morgan fingerprint density at radius 2 is 1.92 bits per heavy atom. The number of aryl methyl sites for hydroxylation is 2. The van der Waals surface area contributed by atoms with Crippen molar-refractivity contribution in [2.75, 3.05) is 18.4 Å². The summed E-state index contributed by atoms with van der Waals surface area (Å²) in [6.07, 6.45) is 2.81. The van der Waals surface area contributed by atoms with E-state index in [4.69, 9.17) is 5.73 Å². The van der Waals surface area contributed by atoms with Gasteiger partial charge >= 0.3 is 0 Å². The van der Waals surface area contributed by atoms with Crippen LogP contribution in [0.1, 0.15) is 11.1 Å². The summed E-state index contributed by atoms with van der Waals surface area (Å²) in [7, 11) is -3.57. The summed E-state index contributed by atoms with van der Waals surface area (Å²) < 4.78 is 26.4. The van der Waals surface area contributed by atoms with Crippen LogP contribution in [0.25, 0.3) is 0 Å². The quantitative estimate of drug-likeness (QED) is 0.256. The topological polar surface area (TPSA) is 109 Å². The lowest BCUT2D eigenvalue weighted by Gasteiger charge is -2.08. The zero-order valence-electron chi connectivity index (χ0n) is 14.1. The van der Waals surface area contributed by atoms with Crippen molar-refractivity contribution in [1.82, 2.24) is 9.71 Å². The van der Waals surface area contributed by atoms with Gasteiger partial charge in [-0.2, -0.15) is 0 Å². The van der Waals surface area contributed by atoms with Gasteiger partial charge in [-0.05, 0) is 49.2 Å². The van der Waals surface area contributed by atoms with Crippen molar-refractivity contribution < 1.29 is 8.42 Å². The molecule has 0 saturated heterocycles. The zero-order chi connectivity index (χ0) is 17.6. The van der Waals surface area contributed by atoms with Crippen LogP contribution in [-0.2, 0) is 10.0 Å². The largest absolute Gasteiger partial charge is 0.370 e. The van der Waals surface area contributed by atoms with E-state index in [0.29, 0.717) is 0 Å². The molecule has 0 radical (unpaired) electrons. The highest BCUT2D eigenvalue weighted by Gasteiger charge is 2.12. The van der Waals surface area contributed by atoms with Gasteiger partial charge in [0, 0.05) is 24.6 Å². The number of nitrogens with zero attached hydrogens (tertiary/aromatic N) is 2. The normalized spacial score (nSPS) is 11.7. The fourth-order valence-corrected chi connectivity index (χ4v) is 3.16. The molecule has 9 heteroatoms. The van der Waals surface area contributed by atoms with E-state index >= 15 is 0 Å². The first-order valence-electron chi connectivity index (χ1n) is 7.42.